The van der Waals surface area contributed by atoms with Gasteiger partial charge in [0.15, 0.2) is 9.84 Å². The van der Waals surface area contributed by atoms with Crippen LogP contribution in [0.2, 0.25) is 0 Å². The molecule has 1 aromatic rings. The fraction of sp³-hybridized carbons (Fsp3) is 0.593. The molecule has 39 heavy (non-hydrogen) atoms. The van der Waals surface area contributed by atoms with Gasteiger partial charge < -0.3 is 25.1 Å². The Labute approximate surface area is 229 Å². The number of carbonyl (C=O) groups is 2. The van der Waals surface area contributed by atoms with Gasteiger partial charge in [-0.2, -0.15) is 5.26 Å². The third kappa shape index (κ3) is 5.68. The number of likely N-dealkylation sites (N-methyl/N-ethyl adjacent to an activating group) is 1. The first-order chi connectivity index (χ1) is 18.3. The number of aliphatic hydroxyl groups excluding tert-OH is 1. The summed E-state index contributed by atoms with van der Waals surface area (Å²) in [5, 5.41) is 22.8. The van der Waals surface area contributed by atoms with Gasteiger partial charge in [0.2, 0.25) is 5.91 Å². The Bertz CT molecular complexity index is 1290. The molecule has 12 heteroatoms. The molecule has 212 valence electrons. The number of nitrogens with one attached hydrogen (secondary N) is 2. The Balaban J connectivity index is 1.42. The maximum Gasteiger partial charge on any atom is 0.271 e. The molecule has 2 amide bonds. The summed E-state index contributed by atoms with van der Waals surface area (Å²) < 4.78 is 30.6. The average Bonchev–Trinajstić information content (AvgIpc) is 3.60. The molecule has 3 aliphatic rings. The van der Waals surface area contributed by atoms with E-state index >= 15 is 0 Å². The van der Waals surface area contributed by atoms with E-state index in [1.165, 1.54) is 0 Å². The Morgan fingerprint density at radius 2 is 2.00 bits per heavy atom. The molecular weight excluding hydrogens is 522 g/mol. The minimum Gasteiger partial charge on any atom is -0.391 e. The van der Waals surface area contributed by atoms with Crippen LogP contribution in [0.3, 0.4) is 0 Å². The van der Waals surface area contributed by atoms with Crippen LogP contribution in [0.4, 0.5) is 0 Å². The summed E-state index contributed by atoms with van der Waals surface area (Å²) in [6.07, 6.45) is 0.703. The number of carbonyl (C=O) groups excluding carboxylic acids is 2. The number of ether oxygens (including phenoxy) is 1. The third-order valence-corrected chi connectivity index (χ3v) is 10.9. The van der Waals surface area contributed by atoms with Crippen molar-refractivity contribution in [1.82, 2.24) is 20.7 Å². The first-order valence-corrected chi connectivity index (χ1v) is 14.6. The Morgan fingerprint density at radius 1 is 1.33 bits per heavy atom. The van der Waals surface area contributed by atoms with Crippen molar-refractivity contribution in [1.29, 1.82) is 5.26 Å². The van der Waals surface area contributed by atoms with Crippen molar-refractivity contribution in [3.05, 3.63) is 46.7 Å². The lowest BCUT2D eigenvalue weighted by Crippen LogP contribution is -2.52. The van der Waals surface area contributed by atoms with Crippen molar-refractivity contribution in [2.75, 3.05) is 33.4 Å². The second kappa shape index (κ2) is 10.9. The molecule has 2 atom stereocenters. The standard InChI is InChI=1S/C27H37N5O6S/c1-18(33)15-38-17-26(2,3)39(36,37)27(10-11-27)16-32-12-9-21-22(30-31(4)23(21)25(32)35)24(34)29-14-20-7-5-19(13-28)6-8-20/h5-8,18,22,30,33H,9-12,14-17H2,1-4H3,(H,29,34). The number of sulfone groups is 1. The molecule has 2 unspecified atom stereocenters. The van der Waals surface area contributed by atoms with Gasteiger partial charge in [-0.1, -0.05) is 12.1 Å². The number of benzene rings is 1. The molecule has 0 radical (unpaired) electrons. The molecule has 1 saturated carbocycles. The Morgan fingerprint density at radius 3 is 2.59 bits per heavy atom. The quantitative estimate of drug-likeness (QED) is 0.354. The summed E-state index contributed by atoms with van der Waals surface area (Å²) in [7, 11) is -2.00. The van der Waals surface area contributed by atoms with Gasteiger partial charge in [-0.05, 0) is 63.3 Å². The monoisotopic (exact) mass is 559 g/mol. The molecule has 0 spiro atoms. The summed E-state index contributed by atoms with van der Waals surface area (Å²) in [4.78, 5) is 28.1. The number of aliphatic hydroxyl groups is 1. The van der Waals surface area contributed by atoms with Gasteiger partial charge in [0.05, 0.1) is 40.4 Å². The fourth-order valence-electron chi connectivity index (χ4n) is 5.23. The van der Waals surface area contributed by atoms with Crippen LogP contribution in [-0.4, -0.2) is 90.2 Å². The predicted molar refractivity (Wildman–Crippen MR) is 143 cm³/mol. The lowest BCUT2D eigenvalue weighted by Gasteiger charge is -2.36. The van der Waals surface area contributed by atoms with Crippen LogP contribution in [0.5, 0.6) is 0 Å². The van der Waals surface area contributed by atoms with Crippen molar-refractivity contribution in [2.45, 2.75) is 68.2 Å². The SMILES string of the molecule is CC(O)COCC(C)(C)S(=O)(=O)C1(CN2CCC3=C(C2=O)N(C)NC3C(=O)NCc2ccc(C#N)cc2)CC1. The lowest BCUT2D eigenvalue weighted by molar-refractivity contribution is -0.129. The van der Waals surface area contributed by atoms with Crippen LogP contribution in [0, 0.1) is 11.3 Å². The largest absolute Gasteiger partial charge is 0.391 e. The molecule has 0 bridgehead atoms. The molecule has 2 heterocycles. The minimum atomic E-state index is -3.67. The van der Waals surface area contributed by atoms with Crippen molar-refractivity contribution in [2.24, 2.45) is 0 Å². The maximum atomic E-state index is 13.7. The van der Waals surface area contributed by atoms with Crippen LogP contribution in [0.25, 0.3) is 0 Å². The number of hydrogen-bond acceptors (Lipinski definition) is 9. The van der Waals surface area contributed by atoms with Gasteiger partial charge in [-0.25, -0.2) is 13.8 Å². The van der Waals surface area contributed by atoms with E-state index in [2.05, 4.69) is 16.8 Å². The van der Waals surface area contributed by atoms with Gasteiger partial charge in [-0.15, -0.1) is 0 Å². The second-order valence-corrected chi connectivity index (χ2v) is 14.3. The van der Waals surface area contributed by atoms with Crippen LogP contribution < -0.4 is 10.7 Å². The number of nitrogens with zero attached hydrogens (tertiary/aromatic N) is 3. The van der Waals surface area contributed by atoms with Gasteiger partial charge in [0, 0.05) is 26.7 Å². The highest BCUT2D eigenvalue weighted by Gasteiger charge is 2.61. The summed E-state index contributed by atoms with van der Waals surface area (Å²) >= 11 is 0. The summed E-state index contributed by atoms with van der Waals surface area (Å²) in [5.74, 6) is -0.559. The molecule has 1 aliphatic carbocycles. The van der Waals surface area contributed by atoms with Crippen LogP contribution in [-0.2, 0) is 30.7 Å². The molecule has 0 saturated heterocycles. The van der Waals surface area contributed by atoms with E-state index in [0.717, 1.165) is 5.56 Å². The zero-order chi connectivity index (χ0) is 28.6. The molecule has 2 aliphatic heterocycles. The van der Waals surface area contributed by atoms with E-state index in [4.69, 9.17) is 10.00 Å². The first kappa shape index (κ1) is 29.0. The van der Waals surface area contributed by atoms with E-state index in [0.29, 0.717) is 42.6 Å². The molecule has 0 aromatic heterocycles. The normalized spacial score (nSPS) is 21.4. The molecule has 3 N–H and O–H groups in total. The van der Waals surface area contributed by atoms with E-state index < -0.39 is 31.5 Å². The lowest BCUT2D eigenvalue weighted by atomic mass is 9.98. The van der Waals surface area contributed by atoms with Gasteiger partial charge in [0.25, 0.3) is 5.91 Å². The molecule has 11 nitrogen and oxygen atoms in total. The Kier molecular flexibility index (Phi) is 8.10. The van der Waals surface area contributed by atoms with Crippen LogP contribution >= 0.6 is 0 Å². The highest BCUT2D eigenvalue weighted by atomic mass is 32.2. The van der Waals surface area contributed by atoms with E-state index in [1.54, 1.807) is 62.0 Å². The number of rotatable bonds is 11. The zero-order valence-corrected chi connectivity index (χ0v) is 23.7. The Hall–Kier alpha value is -2.98. The third-order valence-electron chi connectivity index (χ3n) is 7.66. The van der Waals surface area contributed by atoms with Crippen LogP contribution in [0.1, 0.15) is 51.2 Å². The average molecular weight is 560 g/mol. The summed E-state index contributed by atoms with van der Waals surface area (Å²) in [6, 6.07) is 8.30. The number of nitriles is 1. The second-order valence-electron chi connectivity index (χ2n) is 11.3. The highest BCUT2D eigenvalue weighted by Crippen LogP contribution is 2.49. The van der Waals surface area contributed by atoms with Crippen LogP contribution in [0.15, 0.2) is 35.5 Å². The van der Waals surface area contributed by atoms with Crippen molar-refractivity contribution in [3.63, 3.8) is 0 Å². The van der Waals surface area contributed by atoms with E-state index in [-0.39, 0.29) is 38.1 Å². The maximum absolute atomic E-state index is 13.7. The smallest absolute Gasteiger partial charge is 0.271 e. The molecule has 4 rings (SSSR count). The molecule has 1 fully saturated rings. The topological polar surface area (TPSA) is 152 Å². The van der Waals surface area contributed by atoms with E-state index in [1.807, 2.05) is 0 Å². The first-order valence-electron chi connectivity index (χ1n) is 13.1. The number of hydrogen-bond donors (Lipinski definition) is 3. The number of amides is 2. The zero-order valence-electron chi connectivity index (χ0n) is 22.9. The van der Waals surface area contributed by atoms with Gasteiger partial charge in [0.1, 0.15) is 11.7 Å². The van der Waals surface area contributed by atoms with Crippen molar-refractivity contribution < 1.29 is 27.9 Å². The van der Waals surface area contributed by atoms with Gasteiger partial charge in [-0.3, -0.25) is 9.59 Å². The van der Waals surface area contributed by atoms with Gasteiger partial charge >= 0.3 is 0 Å². The number of hydrazine groups is 1. The fourth-order valence-corrected chi connectivity index (χ4v) is 7.61. The molecular formula is C27H37N5O6S. The van der Waals surface area contributed by atoms with Crippen molar-refractivity contribution in [3.8, 4) is 6.07 Å². The van der Waals surface area contributed by atoms with E-state index in [9.17, 15) is 23.1 Å². The predicted octanol–water partition coefficient (Wildman–Crippen LogP) is 0.603. The summed E-state index contributed by atoms with van der Waals surface area (Å²) in [5.41, 5.74) is 5.53. The molecule has 1 aromatic carbocycles. The van der Waals surface area contributed by atoms with Crippen molar-refractivity contribution >= 4 is 21.7 Å². The summed E-state index contributed by atoms with van der Waals surface area (Å²) in [6.45, 7) is 5.53. The highest BCUT2D eigenvalue weighted by molar-refractivity contribution is 7.94. The minimum absolute atomic E-state index is 0.0445.